The van der Waals surface area contributed by atoms with E-state index in [0.29, 0.717) is 33.3 Å². The van der Waals surface area contributed by atoms with E-state index in [1.807, 2.05) is 51.1 Å². The van der Waals surface area contributed by atoms with Gasteiger partial charge in [-0.2, -0.15) is 9.49 Å². The molecule has 8 nitrogen and oxygen atoms in total. The summed E-state index contributed by atoms with van der Waals surface area (Å²) >= 11 is 1.03. The van der Waals surface area contributed by atoms with Crippen LogP contribution in [0.25, 0.3) is 55.2 Å². The third-order valence-electron chi connectivity index (χ3n) is 6.01. The zero-order valence-corrected chi connectivity index (χ0v) is 21.1. The summed E-state index contributed by atoms with van der Waals surface area (Å²) in [6.45, 7) is 5.59. The molecule has 0 aliphatic rings. The van der Waals surface area contributed by atoms with Crippen molar-refractivity contribution >= 4 is 44.9 Å². The Morgan fingerprint density at radius 2 is 1.86 bits per heavy atom. The lowest BCUT2D eigenvalue weighted by molar-refractivity contribution is -0.123. The molecule has 6 rings (SSSR count). The maximum absolute atomic E-state index is 13.7. The Labute approximate surface area is 215 Å². The molecule has 5 heterocycles. The van der Waals surface area contributed by atoms with Crippen LogP contribution in [0.3, 0.4) is 0 Å². The summed E-state index contributed by atoms with van der Waals surface area (Å²) in [5.41, 5.74) is 5.45. The molecule has 6 aromatic rings. The van der Waals surface area contributed by atoms with Crippen LogP contribution in [0.1, 0.15) is 20.8 Å². The Balaban J connectivity index is 1.40. The Hall–Kier alpha value is -4.44. The predicted molar refractivity (Wildman–Crippen MR) is 144 cm³/mol. The van der Waals surface area contributed by atoms with Gasteiger partial charge in [0.1, 0.15) is 16.9 Å². The molecule has 0 saturated heterocycles. The van der Waals surface area contributed by atoms with E-state index in [9.17, 15) is 9.18 Å². The molecule has 0 unspecified atom stereocenters. The number of carbonyl (C=O) groups is 1. The number of thiophene rings is 1. The highest BCUT2D eigenvalue weighted by atomic mass is 32.1. The van der Waals surface area contributed by atoms with Crippen LogP contribution in [0.5, 0.6) is 0 Å². The molecule has 0 atom stereocenters. The van der Waals surface area contributed by atoms with Crippen LogP contribution in [0, 0.1) is 10.5 Å². The van der Waals surface area contributed by atoms with E-state index >= 15 is 0 Å². The van der Waals surface area contributed by atoms with E-state index in [-0.39, 0.29) is 11.0 Å². The van der Waals surface area contributed by atoms with E-state index in [4.69, 9.17) is 4.98 Å². The third kappa shape index (κ3) is 4.25. The van der Waals surface area contributed by atoms with Gasteiger partial charge in [-0.25, -0.2) is 4.98 Å². The average Bonchev–Trinajstić information content (AvgIpc) is 3.60. The molecule has 1 aromatic carbocycles. The van der Waals surface area contributed by atoms with Gasteiger partial charge in [-0.15, -0.1) is 11.3 Å². The minimum atomic E-state index is -0.514. The van der Waals surface area contributed by atoms with Gasteiger partial charge in [0.2, 0.25) is 5.91 Å². The van der Waals surface area contributed by atoms with Crippen molar-refractivity contribution in [1.29, 1.82) is 0 Å². The van der Waals surface area contributed by atoms with Crippen molar-refractivity contribution in [2.75, 3.05) is 5.32 Å². The molecule has 0 saturated carbocycles. The summed E-state index contributed by atoms with van der Waals surface area (Å²) in [5.74, 6) is 0.497. The number of nitrogens with one attached hydrogen (secondary N) is 3. The number of benzene rings is 1. The molecule has 184 valence electrons. The highest BCUT2D eigenvalue weighted by Gasteiger charge is 2.21. The first-order valence-corrected chi connectivity index (χ1v) is 12.4. The number of fused-ring (bicyclic) bond motifs is 2. The number of aromatic nitrogens is 6. The zero-order chi connectivity index (χ0) is 25.7. The number of rotatable bonds is 4. The third-order valence-corrected chi connectivity index (χ3v) is 6.89. The smallest absolute Gasteiger partial charge is 0.229 e. The standard InChI is InChI=1S/C27H22FN7OS/c1-27(2,3)26(36)31-16-10-15(12-29-13-16)14-4-5-18-17(11-14)22(35-34-18)25-32-19-8-9-30-24(23(19)33-25)20-6-7-21(28)37-20/h4-13H,1-3H3,(H,31,36)(H,32,33)(H,34,35). The average molecular weight is 512 g/mol. The fourth-order valence-corrected chi connectivity index (χ4v) is 4.76. The quantitative estimate of drug-likeness (QED) is 0.253. The number of halogens is 1. The fraction of sp³-hybridized carbons (Fsp3) is 0.148. The molecule has 37 heavy (non-hydrogen) atoms. The van der Waals surface area contributed by atoms with Crippen LogP contribution in [-0.4, -0.2) is 36.0 Å². The SMILES string of the molecule is CC(C)(C)C(=O)Nc1cncc(-c2ccc3[nH]nc(-c4nc5c(-c6ccc(F)s6)nccc5[nH]4)c3c2)c1. The van der Waals surface area contributed by atoms with Crippen LogP contribution >= 0.6 is 11.3 Å². The van der Waals surface area contributed by atoms with Crippen LogP contribution in [0.15, 0.2) is 61.1 Å². The first-order valence-electron chi connectivity index (χ1n) is 11.6. The molecule has 0 bridgehead atoms. The Morgan fingerprint density at radius 3 is 2.65 bits per heavy atom. The van der Waals surface area contributed by atoms with Gasteiger partial charge in [-0.05, 0) is 42.0 Å². The summed E-state index contributed by atoms with van der Waals surface area (Å²) in [7, 11) is 0. The van der Waals surface area contributed by atoms with Gasteiger partial charge >= 0.3 is 0 Å². The van der Waals surface area contributed by atoms with Crippen LogP contribution in [0.4, 0.5) is 10.1 Å². The number of anilines is 1. The van der Waals surface area contributed by atoms with Gasteiger partial charge in [0.05, 0.1) is 27.8 Å². The Morgan fingerprint density at radius 1 is 1.00 bits per heavy atom. The van der Waals surface area contributed by atoms with Crippen molar-refractivity contribution in [2.24, 2.45) is 5.41 Å². The minimum Gasteiger partial charge on any atom is -0.336 e. The first kappa shape index (κ1) is 23.0. The lowest BCUT2D eigenvalue weighted by atomic mass is 9.95. The number of hydrogen-bond acceptors (Lipinski definition) is 6. The van der Waals surface area contributed by atoms with Crippen molar-refractivity contribution in [3.63, 3.8) is 0 Å². The van der Waals surface area contributed by atoms with Gasteiger partial charge in [0.15, 0.2) is 11.0 Å². The maximum atomic E-state index is 13.7. The molecular weight excluding hydrogens is 489 g/mol. The number of imidazole rings is 1. The van der Waals surface area contributed by atoms with Gasteiger partial charge in [0, 0.05) is 28.8 Å². The molecule has 0 aliphatic heterocycles. The van der Waals surface area contributed by atoms with E-state index in [1.165, 1.54) is 6.07 Å². The Bertz CT molecular complexity index is 1790. The summed E-state index contributed by atoms with van der Waals surface area (Å²) < 4.78 is 13.7. The Kier molecular flexibility index (Phi) is 5.34. The van der Waals surface area contributed by atoms with E-state index in [1.54, 1.807) is 24.7 Å². The highest BCUT2D eigenvalue weighted by molar-refractivity contribution is 7.13. The number of nitrogens with zero attached hydrogens (tertiary/aromatic N) is 4. The van der Waals surface area contributed by atoms with Crippen LogP contribution < -0.4 is 5.32 Å². The summed E-state index contributed by atoms with van der Waals surface area (Å²) in [4.78, 5) is 30.0. The minimum absolute atomic E-state index is 0.0805. The molecule has 0 aliphatic carbocycles. The van der Waals surface area contributed by atoms with Crippen molar-refractivity contribution in [2.45, 2.75) is 20.8 Å². The monoisotopic (exact) mass is 511 g/mol. The summed E-state index contributed by atoms with van der Waals surface area (Å²) in [6, 6.07) is 12.8. The van der Waals surface area contributed by atoms with Crippen LogP contribution in [-0.2, 0) is 4.79 Å². The molecule has 1 amide bonds. The van der Waals surface area contributed by atoms with Crippen molar-refractivity contribution in [3.05, 3.63) is 66.2 Å². The van der Waals surface area contributed by atoms with Crippen LogP contribution in [0.2, 0.25) is 0 Å². The fourth-order valence-electron chi connectivity index (χ4n) is 4.03. The van der Waals surface area contributed by atoms with E-state index in [0.717, 1.165) is 38.9 Å². The number of carbonyl (C=O) groups excluding carboxylic acids is 1. The second-order valence-corrected chi connectivity index (χ2v) is 10.8. The van der Waals surface area contributed by atoms with Gasteiger partial charge in [0.25, 0.3) is 0 Å². The van der Waals surface area contributed by atoms with E-state index < -0.39 is 5.41 Å². The topological polar surface area (TPSA) is 112 Å². The zero-order valence-electron chi connectivity index (χ0n) is 20.3. The molecule has 3 N–H and O–H groups in total. The number of amides is 1. The molecule has 5 aromatic heterocycles. The predicted octanol–water partition coefficient (Wildman–Crippen LogP) is 6.42. The number of hydrogen-bond donors (Lipinski definition) is 3. The molecule has 0 spiro atoms. The summed E-state index contributed by atoms with van der Waals surface area (Å²) in [6.07, 6.45) is 5.07. The lowest BCUT2D eigenvalue weighted by Crippen LogP contribution is -2.27. The first-order chi connectivity index (χ1) is 17.8. The molecule has 10 heteroatoms. The number of aromatic amines is 2. The summed E-state index contributed by atoms with van der Waals surface area (Å²) in [5, 5.41) is 11.1. The number of H-pyrrole nitrogens is 2. The molecule has 0 fully saturated rings. The number of pyridine rings is 2. The normalized spacial score (nSPS) is 11.9. The lowest BCUT2D eigenvalue weighted by Gasteiger charge is -2.17. The van der Waals surface area contributed by atoms with Gasteiger partial charge in [-0.3, -0.25) is 19.9 Å². The second-order valence-electron chi connectivity index (χ2n) is 9.74. The molecule has 0 radical (unpaired) electrons. The second kappa shape index (κ2) is 8.59. The van der Waals surface area contributed by atoms with Crippen molar-refractivity contribution in [1.82, 2.24) is 30.1 Å². The molecular formula is C27H22FN7OS. The highest BCUT2D eigenvalue weighted by Crippen LogP contribution is 2.34. The van der Waals surface area contributed by atoms with Gasteiger partial charge < -0.3 is 10.3 Å². The largest absolute Gasteiger partial charge is 0.336 e. The van der Waals surface area contributed by atoms with E-state index in [2.05, 4.69) is 30.5 Å². The maximum Gasteiger partial charge on any atom is 0.229 e. The van der Waals surface area contributed by atoms with Gasteiger partial charge in [-0.1, -0.05) is 26.8 Å². The van der Waals surface area contributed by atoms with Crippen molar-refractivity contribution in [3.8, 4) is 33.2 Å². The van der Waals surface area contributed by atoms with Crippen molar-refractivity contribution < 1.29 is 9.18 Å².